The van der Waals surface area contributed by atoms with Gasteiger partial charge >= 0.3 is 5.97 Å². The molecule has 1 aromatic heterocycles. The number of halogens is 2. The summed E-state index contributed by atoms with van der Waals surface area (Å²) in [6.07, 6.45) is -0.0955. The second-order valence-corrected chi connectivity index (χ2v) is 4.16. The minimum absolute atomic E-state index is 0.0955. The van der Waals surface area contributed by atoms with Gasteiger partial charge < -0.3 is 15.0 Å². The molecule has 7 heteroatoms. The molecule has 0 aliphatic heterocycles. The maximum absolute atomic E-state index is 11.9. The summed E-state index contributed by atoms with van der Waals surface area (Å²) in [4.78, 5) is 26.4. The number of nitrogens with zero attached hydrogens (tertiary/aromatic N) is 1. The fourth-order valence-electron chi connectivity index (χ4n) is 1.32. The van der Waals surface area contributed by atoms with Crippen molar-refractivity contribution in [2.24, 2.45) is 0 Å². The third kappa shape index (κ3) is 3.64. The molecule has 0 aliphatic rings. The molecule has 0 radical (unpaired) electrons. The van der Waals surface area contributed by atoms with Gasteiger partial charge in [-0.25, -0.2) is 0 Å². The number of rotatable bonds is 5. The van der Waals surface area contributed by atoms with Gasteiger partial charge in [0, 0.05) is 13.1 Å². The first kappa shape index (κ1) is 13.9. The molecule has 5 nitrogen and oxygen atoms in total. The normalized spacial score (nSPS) is 10.3. The largest absolute Gasteiger partial charge is 0.481 e. The average Bonchev–Trinajstić information content (AvgIpc) is 2.59. The van der Waals surface area contributed by atoms with Crippen molar-refractivity contribution in [1.82, 2.24) is 9.88 Å². The van der Waals surface area contributed by atoms with Crippen LogP contribution in [-0.4, -0.2) is 40.0 Å². The molecule has 0 fully saturated rings. The van der Waals surface area contributed by atoms with Crippen molar-refractivity contribution in [2.45, 2.75) is 13.3 Å². The summed E-state index contributed by atoms with van der Waals surface area (Å²) in [6.45, 7) is 2.34. The molecule has 0 aromatic carbocycles. The number of carboxylic acids is 1. The lowest BCUT2D eigenvalue weighted by molar-refractivity contribution is -0.137. The molecular formula is C10H12Cl2N2O3. The van der Waals surface area contributed by atoms with E-state index in [0.29, 0.717) is 6.54 Å². The Balaban J connectivity index is 2.75. The number of amides is 1. The molecule has 0 spiro atoms. The molecular weight excluding hydrogens is 267 g/mol. The van der Waals surface area contributed by atoms with E-state index < -0.39 is 5.97 Å². The summed E-state index contributed by atoms with van der Waals surface area (Å²) in [6, 6.07) is 1.43. The summed E-state index contributed by atoms with van der Waals surface area (Å²) in [5.74, 6) is -1.26. The average molecular weight is 279 g/mol. The van der Waals surface area contributed by atoms with Gasteiger partial charge in [0.2, 0.25) is 0 Å². The van der Waals surface area contributed by atoms with Crippen LogP contribution in [0.4, 0.5) is 0 Å². The van der Waals surface area contributed by atoms with Crippen molar-refractivity contribution in [3.8, 4) is 0 Å². The Kier molecular flexibility index (Phi) is 4.84. The monoisotopic (exact) mass is 278 g/mol. The SMILES string of the molecule is CCN(CCC(=O)O)C(=O)c1cc(Cl)c(Cl)[nH]1. The van der Waals surface area contributed by atoms with E-state index in [1.807, 2.05) is 0 Å². The van der Waals surface area contributed by atoms with E-state index in [-0.39, 0.29) is 34.7 Å². The van der Waals surface area contributed by atoms with Crippen LogP contribution in [0.25, 0.3) is 0 Å². The number of hydrogen-bond donors (Lipinski definition) is 2. The zero-order chi connectivity index (χ0) is 13.0. The van der Waals surface area contributed by atoms with Crippen molar-refractivity contribution in [2.75, 3.05) is 13.1 Å². The smallest absolute Gasteiger partial charge is 0.305 e. The van der Waals surface area contributed by atoms with Gasteiger partial charge in [-0.05, 0) is 13.0 Å². The number of hydrogen-bond acceptors (Lipinski definition) is 2. The standard InChI is InChI=1S/C10H12Cl2N2O3/c1-2-14(4-3-8(15)16)10(17)7-5-6(11)9(12)13-7/h5,13H,2-4H2,1H3,(H,15,16). The summed E-state index contributed by atoms with van der Waals surface area (Å²) in [5, 5.41) is 9.04. The van der Waals surface area contributed by atoms with Crippen LogP contribution < -0.4 is 0 Å². The molecule has 0 saturated carbocycles. The number of carbonyl (C=O) groups excluding carboxylic acids is 1. The van der Waals surface area contributed by atoms with Crippen molar-refractivity contribution < 1.29 is 14.7 Å². The minimum Gasteiger partial charge on any atom is -0.481 e. The van der Waals surface area contributed by atoms with E-state index in [0.717, 1.165) is 0 Å². The summed E-state index contributed by atoms with van der Waals surface area (Å²) in [7, 11) is 0. The molecule has 0 aliphatic carbocycles. The van der Waals surface area contributed by atoms with Crippen molar-refractivity contribution >= 4 is 35.1 Å². The van der Waals surface area contributed by atoms with E-state index in [1.165, 1.54) is 11.0 Å². The fourth-order valence-corrected chi connectivity index (χ4v) is 1.64. The van der Waals surface area contributed by atoms with Gasteiger partial charge in [0.25, 0.3) is 5.91 Å². The molecule has 1 aromatic rings. The highest BCUT2D eigenvalue weighted by atomic mass is 35.5. The van der Waals surface area contributed by atoms with Crippen molar-refractivity contribution in [1.29, 1.82) is 0 Å². The first-order chi connectivity index (χ1) is 7.95. The van der Waals surface area contributed by atoms with Gasteiger partial charge in [-0.1, -0.05) is 23.2 Å². The number of aromatic nitrogens is 1. The summed E-state index contributed by atoms with van der Waals surface area (Å²) >= 11 is 11.4. The summed E-state index contributed by atoms with van der Waals surface area (Å²) in [5.41, 5.74) is 0.257. The van der Waals surface area contributed by atoms with Crippen LogP contribution in [0.1, 0.15) is 23.8 Å². The third-order valence-corrected chi connectivity index (χ3v) is 2.91. The molecule has 0 saturated heterocycles. The van der Waals surface area contributed by atoms with E-state index in [4.69, 9.17) is 28.3 Å². The molecule has 17 heavy (non-hydrogen) atoms. The van der Waals surface area contributed by atoms with E-state index in [2.05, 4.69) is 4.98 Å². The van der Waals surface area contributed by atoms with Gasteiger partial charge in [0.15, 0.2) is 0 Å². The highest BCUT2D eigenvalue weighted by Gasteiger charge is 2.18. The van der Waals surface area contributed by atoms with Crippen LogP contribution in [-0.2, 0) is 4.79 Å². The Labute approximate surface area is 108 Å². The Morgan fingerprint density at radius 3 is 2.53 bits per heavy atom. The third-order valence-electron chi connectivity index (χ3n) is 2.22. The topological polar surface area (TPSA) is 73.4 Å². The highest BCUT2D eigenvalue weighted by molar-refractivity contribution is 6.41. The zero-order valence-corrected chi connectivity index (χ0v) is 10.7. The second kappa shape index (κ2) is 5.93. The lowest BCUT2D eigenvalue weighted by atomic mass is 10.3. The number of aliphatic carboxylic acids is 1. The molecule has 94 valence electrons. The number of nitrogens with one attached hydrogen (secondary N) is 1. The molecule has 0 atom stereocenters. The zero-order valence-electron chi connectivity index (χ0n) is 9.17. The first-order valence-corrected chi connectivity index (χ1v) is 5.76. The molecule has 1 rings (SSSR count). The molecule has 1 amide bonds. The molecule has 1 heterocycles. The molecule has 0 bridgehead atoms. The van der Waals surface area contributed by atoms with Crippen LogP contribution >= 0.6 is 23.2 Å². The lowest BCUT2D eigenvalue weighted by Gasteiger charge is -2.18. The van der Waals surface area contributed by atoms with E-state index in [9.17, 15) is 9.59 Å². The predicted octanol–water partition coefficient (Wildman–Crippen LogP) is 2.26. The molecule has 0 unspecified atom stereocenters. The number of H-pyrrole nitrogens is 1. The Morgan fingerprint density at radius 2 is 2.12 bits per heavy atom. The van der Waals surface area contributed by atoms with Crippen LogP contribution in [0.15, 0.2) is 6.07 Å². The van der Waals surface area contributed by atoms with E-state index >= 15 is 0 Å². The van der Waals surface area contributed by atoms with Gasteiger partial charge in [-0.3, -0.25) is 9.59 Å². The van der Waals surface area contributed by atoms with Crippen molar-refractivity contribution in [3.63, 3.8) is 0 Å². The summed E-state index contributed by atoms with van der Waals surface area (Å²) < 4.78 is 0. The maximum Gasteiger partial charge on any atom is 0.305 e. The Hall–Kier alpha value is -1.20. The van der Waals surface area contributed by atoms with Gasteiger partial charge in [-0.2, -0.15) is 0 Å². The fraction of sp³-hybridized carbons (Fsp3) is 0.400. The van der Waals surface area contributed by atoms with Crippen LogP contribution in [0.5, 0.6) is 0 Å². The number of carbonyl (C=O) groups is 2. The van der Waals surface area contributed by atoms with Crippen LogP contribution in [0, 0.1) is 0 Å². The van der Waals surface area contributed by atoms with Gasteiger partial charge in [0.05, 0.1) is 11.4 Å². The number of aromatic amines is 1. The Bertz CT molecular complexity index is 412. The second-order valence-electron chi connectivity index (χ2n) is 3.37. The first-order valence-electron chi connectivity index (χ1n) is 5.00. The van der Waals surface area contributed by atoms with Crippen LogP contribution in [0.3, 0.4) is 0 Å². The maximum atomic E-state index is 11.9. The predicted molar refractivity (Wildman–Crippen MR) is 64.6 cm³/mol. The van der Waals surface area contributed by atoms with Crippen LogP contribution in [0.2, 0.25) is 10.2 Å². The highest BCUT2D eigenvalue weighted by Crippen LogP contribution is 2.22. The van der Waals surface area contributed by atoms with Crippen molar-refractivity contribution in [3.05, 3.63) is 21.9 Å². The Morgan fingerprint density at radius 1 is 1.47 bits per heavy atom. The van der Waals surface area contributed by atoms with Gasteiger partial charge in [-0.15, -0.1) is 0 Å². The van der Waals surface area contributed by atoms with E-state index in [1.54, 1.807) is 6.92 Å². The molecule has 2 N–H and O–H groups in total. The quantitative estimate of drug-likeness (QED) is 0.868. The number of carboxylic acid groups (broad SMARTS) is 1. The minimum atomic E-state index is -0.946. The van der Waals surface area contributed by atoms with Gasteiger partial charge in [0.1, 0.15) is 10.8 Å². The lowest BCUT2D eigenvalue weighted by Crippen LogP contribution is -2.33.